The Hall–Kier alpha value is -1.42. The Kier molecular flexibility index (Phi) is 4.69. The summed E-state index contributed by atoms with van der Waals surface area (Å²) < 4.78 is 0.310. The number of aromatic nitrogens is 1. The molecule has 0 aliphatic heterocycles. The summed E-state index contributed by atoms with van der Waals surface area (Å²) in [4.78, 5) is 12.1. The number of nitrogens with zero attached hydrogens (tertiary/aromatic N) is 1. The number of aryl methyl sites for hydroxylation is 2. The summed E-state index contributed by atoms with van der Waals surface area (Å²) in [6, 6.07) is 10.7. The molecule has 0 saturated heterocycles. The number of amides is 1. The minimum Gasteiger partial charge on any atom is -0.338 e. The number of hydrogen-bond acceptors (Lipinski definition) is 1. The normalized spacial score (nSPS) is 12.3. The van der Waals surface area contributed by atoms with E-state index >= 15 is 0 Å². The van der Waals surface area contributed by atoms with Crippen LogP contribution in [0.2, 0.25) is 0 Å². The maximum absolute atomic E-state index is 12.1. The van der Waals surface area contributed by atoms with E-state index in [-0.39, 0.29) is 0 Å². The molecule has 0 fully saturated rings. The fourth-order valence-corrected chi connectivity index (χ4v) is 3.59. The lowest BCUT2D eigenvalue weighted by atomic mass is 10.0. The zero-order valence-corrected chi connectivity index (χ0v) is 16.7. The highest BCUT2D eigenvalue weighted by molar-refractivity contribution is 6.76. The lowest BCUT2D eigenvalue weighted by Crippen LogP contribution is -2.27. The van der Waals surface area contributed by atoms with Crippen LogP contribution in [0.5, 0.6) is 0 Å². The van der Waals surface area contributed by atoms with E-state index in [1.165, 1.54) is 5.52 Å². The summed E-state index contributed by atoms with van der Waals surface area (Å²) in [5, 5.41) is 5.02. The molecule has 0 aliphatic rings. The third kappa shape index (κ3) is 3.10. The predicted octanol–water partition coefficient (Wildman–Crippen LogP) is 6.30. The molecular formula is C19H19Cl3N2O. The smallest absolute Gasteiger partial charge is 0.276 e. The van der Waals surface area contributed by atoms with Crippen molar-refractivity contribution in [2.75, 3.05) is 5.32 Å². The average Bonchev–Trinajstić information content (AvgIpc) is 2.84. The zero-order chi connectivity index (χ0) is 18.5. The Balaban J connectivity index is 2.34. The predicted molar refractivity (Wildman–Crippen MR) is 108 cm³/mol. The van der Waals surface area contributed by atoms with Crippen LogP contribution in [-0.4, -0.2) is 14.3 Å². The Morgan fingerprint density at radius 3 is 2.36 bits per heavy atom. The summed E-state index contributed by atoms with van der Waals surface area (Å²) in [5.74, 6) is -0.657. The van der Waals surface area contributed by atoms with Crippen molar-refractivity contribution in [2.24, 2.45) is 0 Å². The van der Waals surface area contributed by atoms with Crippen molar-refractivity contribution in [2.45, 2.75) is 37.5 Å². The van der Waals surface area contributed by atoms with Crippen molar-refractivity contribution in [3.8, 4) is 0 Å². The van der Waals surface area contributed by atoms with E-state index in [9.17, 15) is 4.79 Å². The van der Waals surface area contributed by atoms with Gasteiger partial charge in [-0.05, 0) is 51.0 Å². The molecule has 0 unspecified atom stereocenters. The molecule has 0 aliphatic carbocycles. The summed E-state index contributed by atoms with van der Waals surface area (Å²) in [5.41, 5.74) is 4.89. The van der Waals surface area contributed by atoms with Gasteiger partial charge in [0.05, 0.1) is 5.52 Å². The number of rotatable bonds is 2. The van der Waals surface area contributed by atoms with Gasteiger partial charge in [-0.1, -0.05) is 53.0 Å². The van der Waals surface area contributed by atoms with Crippen LogP contribution in [0.1, 0.15) is 31.0 Å². The van der Waals surface area contributed by atoms with Gasteiger partial charge in [0.25, 0.3) is 9.70 Å². The first-order chi connectivity index (χ1) is 11.6. The Bertz CT molecular complexity index is 984. The summed E-state index contributed by atoms with van der Waals surface area (Å²) in [6.07, 6.45) is 0. The fourth-order valence-electron chi connectivity index (χ4n) is 3.45. The minimum atomic E-state index is -2.00. The minimum absolute atomic E-state index is 0.308. The molecule has 1 heterocycles. The number of carbonyl (C=O) groups is 1. The zero-order valence-electron chi connectivity index (χ0n) is 14.5. The Morgan fingerprint density at radius 1 is 1.12 bits per heavy atom. The largest absolute Gasteiger partial charge is 0.338 e. The molecule has 3 nitrogen and oxygen atoms in total. The Morgan fingerprint density at radius 2 is 1.76 bits per heavy atom. The van der Waals surface area contributed by atoms with E-state index in [1.807, 2.05) is 26.0 Å². The lowest BCUT2D eigenvalue weighted by Gasteiger charge is -2.17. The molecule has 0 radical (unpaired) electrons. The highest BCUT2D eigenvalue weighted by atomic mass is 35.6. The first-order valence-electron chi connectivity index (χ1n) is 8.04. The van der Waals surface area contributed by atoms with E-state index in [4.69, 9.17) is 34.8 Å². The number of hydrogen-bond donors (Lipinski definition) is 1. The van der Waals surface area contributed by atoms with E-state index in [2.05, 4.69) is 41.9 Å². The first kappa shape index (κ1) is 18.4. The molecule has 132 valence electrons. The molecule has 25 heavy (non-hydrogen) atoms. The highest BCUT2D eigenvalue weighted by Crippen LogP contribution is 2.39. The van der Waals surface area contributed by atoms with Crippen LogP contribution in [0.3, 0.4) is 0 Å². The van der Waals surface area contributed by atoms with E-state index in [0.717, 1.165) is 27.4 Å². The standard InChI is InChI=1S/C19H19Cl3N2O/c1-10(2)24-14-8-6-5-7-13(14)16-12(4)17(11(3)9-15(16)24)23-18(25)19(20,21)22/h5-10H,1-4H3,(H,23,25). The van der Waals surface area contributed by atoms with Crippen LogP contribution in [0.15, 0.2) is 30.3 Å². The molecule has 1 N–H and O–H groups in total. The lowest BCUT2D eigenvalue weighted by molar-refractivity contribution is -0.115. The van der Waals surface area contributed by atoms with E-state index in [1.54, 1.807) is 0 Å². The second-order valence-corrected chi connectivity index (χ2v) is 8.80. The molecule has 0 bridgehead atoms. The van der Waals surface area contributed by atoms with Gasteiger partial charge in [-0.15, -0.1) is 0 Å². The molecule has 2 aromatic carbocycles. The summed E-state index contributed by atoms with van der Waals surface area (Å²) in [6.45, 7) is 8.26. The van der Waals surface area contributed by atoms with Gasteiger partial charge in [-0.2, -0.15) is 0 Å². The van der Waals surface area contributed by atoms with Crippen molar-refractivity contribution in [3.63, 3.8) is 0 Å². The number of anilines is 1. The van der Waals surface area contributed by atoms with Crippen molar-refractivity contribution < 1.29 is 4.79 Å². The van der Waals surface area contributed by atoms with E-state index < -0.39 is 9.70 Å². The van der Waals surface area contributed by atoms with Gasteiger partial charge < -0.3 is 9.88 Å². The van der Waals surface area contributed by atoms with Crippen molar-refractivity contribution >= 4 is 68.2 Å². The van der Waals surface area contributed by atoms with Crippen LogP contribution in [-0.2, 0) is 4.79 Å². The number of benzene rings is 2. The second-order valence-electron chi connectivity index (χ2n) is 6.52. The number of para-hydroxylation sites is 1. The van der Waals surface area contributed by atoms with Crippen LogP contribution in [0.4, 0.5) is 5.69 Å². The maximum atomic E-state index is 12.1. The second kappa shape index (κ2) is 6.39. The van der Waals surface area contributed by atoms with Crippen LogP contribution in [0, 0.1) is 13.8 Å². The van der Waals surface area contributed by atoms with Gasteiger partial charge >= 0.3 is 0 Å². The maximum Gasteiger partial charge on any atom is 0.276 e. The summed E-state index contributed by atoms with van der Waals surface area (Å²) >= 11 is 17.1. The fraction of sp³-hybridized carbons (Fsp3) is 0.316. The van der Waals surface area contributed by atoms with Gasteiger partial charge in [-0.3, -0.25) is 4.79 Å². The van der Waals surface area contributed by atoms with Gasteiger partial charge in [0, 0.05) is 28.0 Å². The molecule has 1 aromatic heterocycles. The van der Waals surface area contributed by atoms with Gasteiger partial charge in [-0.25, -0.2) is 0 Å². The first-order valence-corrected chi connectivity index (χ1v) is 9.17. The molecule has 0 saturated carbocycles. The molecule has 0 atom stereocenters. The molecule has 3 rings (SSSR count). The molecule has 0 spiro atoms. The van der Waals surface area contributed by atoms with E-state index in [0.29, 0.717) is 11.7 Å². The SMILES string of the molecule is Cc1cc2c(c(C)c1NC(=O)C(Cl)(Cl)Cl)c1ccccc1n2C(C)C. The quantitative estimate of drug-likeness (QED) is 0.506. The molecule has 6 heteroatoms. The topological polar surface area (TPSA) is 34.0 Å². The van der Waals surface area contributed by atoms with Crippen LogP contribution >= 0.6 is 34.8 Å². The van der Waals surface area contributed by atoms with Crippen LogP contribution in [0.25, 0.3) is 21.8 Å². The highest BCUT2D eigenvalue weighted by Gasteiger charge is 2.31. The molecule has 3 aromatic rings. The number of nitrogens with one attached hydrogen (secondary N) is 1. The van der Waals surface area contributed by atoms with Gasteiger partial charge in [0.1, 0.15) is 0 Å². The van der Waals surface area contributed by atoms with Crippen LogP contribution < -0.4 is 5.32 Å². The Labute approximate surface area is 161 Å². The summed E-state index contributed by atoms with van der Waals surface area (Å²) in [7, 11) is 0. The third-order valence-corrected chi connectivity index (χ3v) is 4.97. The van der Waals surface area contributed by atoms with Gasteiger partial charge in [0.15, 0.2) is 0 Å². The monoisotopic (exact) mass is 396 g/mol. The number of carbonyl (C=O) groups excluding carboxylic acids is 1. The van der Waals surface area contributed by atoms with Crippen molar-refractivity contribution in [1.29, 1.82) is 0 Å². The number of alkyl halides is 3. The molecular weight excluding hydrogens is 379 g/mol. The average molecular weight is 398 g/mol. The number of fused-ring (bicyclic) bond motifs is 3. The van der Waals surface area contributed by atoms with Crippen molar-refractivity contribution in [1.82, 2.24) is 4.57 Å². The third-order valence-electron chi connectivity index (χ3n) is 4.46. The number of halogens is 3. The molecule has 1 amide bonds. The van der Waals surface area contributed by atoms with Crippen molar-refractivity contribution in [3.05, 3.63) is 41.5 Å². The van der Waals surface area contributed by atoms with Gasteiger partial charge in [0.2, 0.25) is 0 Å².